The number of allylic oxidation sites excluding steroid dienone is 1. The highest BCUT2D eigenvalue weighted by molar-refractivity contribution is 5.72. The van der Waals surface area contributed by atoms with Gasteiger partial charge in [0.2, 0.25) is 0 Å². The molecule has 1 aliphatic carbocycles. The van der Waals surface area contributed by atoms with Crippen molar-refractivity contribution in [1.82, 2.24) is 0 Å². The summed E-state index contributed by atoms with van der Waals surface area (Å²) in [4.78, 5) is 23.1. The average molecular weight is 310 g/mol. The normalized spacial score (nSPS) is 15.9. The Bertz CT molecular complexity index is 343. The van der Waals surface area contributed by atoms with Crippen molar-refractivity contribution in [2.45, 2.75) is 71.1 Å². The van der Waals surface area contributed by atoms with Crippen molar-refractivity contribution in [3.8, 4) is 0 Å². The molecule has 4 heteroatoms. The van der Waals surface area contributed by atoms with Gasteiger partial charge in [0.25, 0.3) is 0 Å². The number of carbonyl (C=O) groups is 2. The SMILES string of the molecule is CC/C=C\CCOC(=O)CCCC(=O)OCC1CCCCC1. The molecule has 0 spiro atoms. The summed E-state index contributed by atoms with van der Waals surface area (Å²) in [5, 5.41) is 0. The zero-order valence-electron chi connectivity index (χ0n) is 13.9. The van der Waals surface area contributed by atoms with Crippen LogP contribution in [0.5, 0.6) is 0 Å². The summed E-state index contributed by atoms with van der Waals surface area (Å²) in [6.45, 7) is 3.03. The number of rotatable bonds is 10. The van der Waals surface area contributed by atoms with Gasteiger partial charge in [-0.05, 0) is 38.0 Å². The number of carbonyl (C=O) groups excluding carboxylic acids is 2. The molecular formula is C18H30O4. The molecule has 1 rings (SSSR count). The van der Waals surface area contributed by atoms with Gasteiger partial charge in [-0.1, -0.05) is 38.3 Å². The number of ether oxygens (including phenoxy) is 2. The van der Waals surface area contributed by atoms with Crippen LogP contribution in [0, 0.1) is 5.92 Å². The fraction of sp³-hybridized carbons (Fsp3) is 0.778. The Morgan fingerprint density at radius 3 is 2.36 bits per heavy atom. The Kier molecular flexibility index (Phi) is 10.4. The molecule has 0 saturated heterocycles. The fourth-order valence-corrected chi connectivity index (χ4v) is 2.61. The van der Waals surface area contributed by atoms with E-state index >= 15 is 0 Å². The molecule has 0 heterocycles. The molecule has 0 aromatic heterocycles. The highest BCUT2D eigenvalue weighted by Crippen LogP contribution is 2.23. The third-order valence-corrected chi connectivity index (χ3v) is 3.92. The lowest BCUT2D eigenvalue weighted by atomic mass is 9.90. The van der Waals surface area contributed by atoms with Crippen LogP contribution in [0.2, 0.25) is 0 Å². The molecule has 0 aliphatic heterocycles. The molecule has 0 aromatic carbocycles. The van der Waals surface area contributed by atoms with E-state index < -0.39 is 0 Å². The zero-order chi connectivity index (χ0) is 16.0. The Labute approximate surface area is 134 Å². The fourth-order valence-electron chi connectivity index (χ4n) is 2.61. The summed E-state index contributed by atoms with van der Waals surface area (Å²) >= 11 is 0. The summed E-state index contributed by atoms with van der Waals surface area (Å²) in [5.74, 6) is 0.119. The maximum Gasteiger partial charge on any atom is 0.305 e. The second-order valence-corrected chi connectivity index (χ2v) is 5.93. The monoisotopic (exact) mass is 310 g/mol. The van der Waals surface area contributed by atoms with Crippen LogP contribution in [0.25, 0.3) is 0 Å². The van der Waals surface area contributed by atoms with Crippen molar-refractivity contribution in [3.63, 3.8) is 0 Å². The Morgan fingerprint density at radius 1 is 1.00 bits per heavy atom. The quantitative estimate of drug-likeness (QED) is 0.345. The summed E-state index contributed by atoms with van der Waals surface area (Å²) in [6.07, 6.45) is 13.1. The minimum absolute atomic E-state index is 0.191. The van der Waals surface area contributed by atoms with Gasteiger partial charge in [-0.25, -0.2) is 0 Å². The molecule has 22 heavy (non-hydrogen) atoms. The van der Waals surface area contributed by atoms with Crippen molar-refractivity contribution in [2.75, 3.05) is 13.2 Å². The van der Waals surface area contributed by atoms with E-state index in [2.05, 4.69) is 13.0 Å². The molecule has 0 N–H and O–H groups in total. The van der Waals surface area contributed by atoms with E-state index in [9.17, 15) is 9.59 Å². The summed E-state index contributed by atoms with van der Waals surface area (Å²) in [7, 11) is 0. The molecule has 1 fully saturated rings. The second kappa shape index (κ2) is 12.2. The first kappa shape index (κ1) is 18.7. The second-order valence-electron chi connectivity index (χ2n) is 5.93. The van der Waals surface area contributed by atoms with Crippen molar-refractivity contribution < 1.29 is 19.1 Å². The first-order valence-corrected chi connectivity index (χ1v) is 8.68. The molecule has 126 valence electrons. The van der Waals surface area contributed by atoms with Gasteiger partial charge in [-0.3, -0.25) is 9.59 Å². The van der Waals surface area contributed by atoms with Crippen LogP contribution in [-0.2, 0) is 19.1 Å². The lowest BCUT2D eigenvalue weighted by molar-refractivity contribution is -0.146. The van der Waals surface area contributed by atoms with Crippen molar-refractivity contribution in [3.05, 3.63) is 12.2 Å². The zero-order valence-corrected chi connectivity index (χ0v) is 13.9. The molecule has 4 nitrogen and oxygen atoms in total. The van der Waals surface area contributed by atoms with Crippen molar-refractivity contribution in [2.24, 2.45) is 5.92 Å². The van der Waals surface area contributed by atoms with E-state index in [1.807, 2.05) is 6.08 Å². The van der Waals surface area contributed by atoms with E-state index in [0.29, 0.717) is 32.0 Å². The van der Waals surface area contributed by atoms with E-state index in [1.165, 1.54) is 32.1 Å². The van der Waals surface area contributed by atoms with E-state index in [-0.39, 0.29) is 18.4 Å². The molecule has 0 amide bonds. The third-order valence-electron chi connectivity index (χ3n) is 3.92. The van der Waals surface area contributed by atoms with Crippen LogP contribution in [0.3, 0.4) is 0 Å². The highest BCUT2D eigenvalue weighted by Gasteiger charge is 2.15. The van der Waals surface area contributed by atoms with E-state index in [1.54, 1.807) is 0 Å². The van der Waals surface area contributed by atoms with Crippen molar-refractivity contribution in [1.29, 1.82) is 0 Å². The summed E-state index contributed by atoms with van der Waals surface area (Å²) in [5.41, 5.74) is 0. The first-order chi connectivity index (χ1) is 10.7. The molecule has 1 saturated carbocycles. The maximum atomic E-state index is 11.6. The predicted octanol–water partition coefficient (Wildman–Crippen LogP) is 4.18. The van der Waals surface area contributed by atoms with Crippen molar-refractivity contribution >= 4 is 11.9 Å². The Morgan fingerprint density at radius 2 is 1.68 bits per heavy atom. The van der Waals surface area contributed by atoms with Gasteiger partial charge < -0.3 is 9.47 Å². The van der Waals surface area contributed by atoms with Gasteiger partial charge in [0, 0.05) is 12.8 Å². The summed E-state index contributed by atoms with van der Waals surface area (Å²) in [6, 6.07) is 0. The number of esters is 2. The average Bonchev–Trinajstić information content (AvgIpc) is 2.54. The van der Waals surface area contributed by atoms with Crippen LogP contribution in [0.4, 0.5) is 0 Å². The molecule has 0 bridgehead atoms. The Hall–Kier alpha value is -1.32. The largest absolute Gasteiger partial charge is 0.465 e. The van der Waals surface area contributed by atoms with E-state index in [4.69, 9.17) is 9.47 Å². The van der Waals surface area contributed by atoms with Gasteiger partial charge in [-0.15, -0.1) is 0 Å². The van der Waals surface area contributed by atoms with Crippen LogP contribution in [0.15, 0.2) is 12.2 Å². The smallest absolute Gasteiger partial charge is 0.305 e. The molecule has 0 aromatic rings. The minimum atomic E-state index is -0.232. The standard InChI is InChI=1S/C18H30O4/c1-2-3-4-8-14-21-17(19)12-9-13-18(20)22-15-16-10-6-5-7-11-16/h3-4,16H,2,5-15H2,1H3/b4-3-. The topological polar surface area (TPSA) is 52.6 Å². The van der Waals surface area contributed by atoms with Gasteiger partial charge in [0.05, 0.1) is 13.2 Å². The Balaban J connectivity index is 1.97. The minimum Gasteiger partial charge on any atom is -0.465 e. The molecule has 0 unspecified atom stereocenters. The van der Waals surface area contributed by atoms with Gasteiger partial charge in [-0.2, -0.15) is 0 Å². The van der Waals surface area contributed by atoms with E-state index in [0.717, 1.165) is 12.8 Å². The maximum absolute atomic E-state index is 11.6. The van der Waals surface area contributed by atoms with Crippen LogP contribution >= 0.6 is 0 Å². The van der Waals surface area contributed by atoms with Crippen LogP contribution in [0.1, 0.15) is 71.1 Å². The molecule has 0 radical (unpaired) electrons. The van der Waals surface area contributed by atoms with Gasteiger partial charge in [0.15, 0.2) is 0 Å². The molecule has 0 atom stereocenters. The molecule has 1 aliphatic rings. The van der Waals surface area contributed by atoms with Crippen LogP contribution in [-0.4, -0.2) is 25.2 Å². The van der Waals surface area contributed by atoms with Gasteiger partial charge >= 0.3 is 11.9 Å². The summed E-state index contributed by atoms with van der Waals surface area (Å²) < 4.78 is 10.4. The predicted molar refractivity (Wildman–Crippen MR) is 86.4 cm³/mol. The van der Waals surface area contributed by atoms with Crippen LogP contribution < -0.4 is 0 Å². The third kappa shape index (κ3) is 9.59. The lowest BCUT2D eigenvalue weighted by Gasteiger charge is -2.20. The number of hydrogen-bond donors (Lipinski definition) is 0. The lowest BCUT2D eigenvalue weighted by Crippen LogP contribution is -2.16. The first-order valence-electron chi connectivity index (χ1n) is 8.68. The highest BCUT2D eigenvalue weighted by atomic mass is 16.5. The van der Waals surface area contributed by atoms with Gasteiger partial charge in [0.1, 0.15) is 0 Å². The number of hydrogen-bond acceptors (Lipinski definition) is 4. The molecular weight excluding hydrogens is 280 g/mol.